The molecule has 2 aromatic rings. The Kier molecular flexibility index (Phi) is 3.49. The van der Waals surface area contributed by atoms with Crippen LogP contribution in [0.1, 0.15) is 0 Å². The Labute approximate surface area is 108 Å². The quantitative estimate of drug-likeness (QED) is 0.883. The smallest absolute Gasteiger partial charge is 0.264 e. The Morgan fingerprint density at radius 1 is 1.17 bits per heavy atom. The molecule has 18 heavy (non-hydrogen) atoms. The fourth-order valence-electron chi connectivity index (χ4n) is 1.30. The number of nitrogens with zero attached hydrogens (tertiary/aromatic N) is 1. The highest BCUT2D eigenvalue weighted by atomic mass is 35.5. The maximum Gasteiger partial charge on any atom is 0.264 e. The van der Waals surface area contributed by atoms with Gasteiger partial charge < -0.3 is 0 Å². The molecular formula is C11H8ClFN2O2S. The first kappa shape index (κ1) is 12.8. The minimum absolute atomic E-state index is 0.118. The third-order valence-corrected chi connectivity index (χ3v) is 3.94. The number of rotatable bonds is 3. The van der Waals surface area contributed by atoms with Crippen molar-refractivity contribution >= 4 is 27.3 Å². The van der Waals surface area contributed by atoms with Gasteiger partial charge in [0.15, 0.2) is 0 Å². The van der Waals surface area contributed by atoms with Crippen LogP contribution in [0.25, 0.3) is 0 Å². The summed E-state index contributed by atoms with van der Waals surface area (Å²) in [5.41, 5.74) is 0.247. The molecule has 0 amide bonds. The predicted octanol–water partition coefficient (Wildman–Crippen LogP) is 2.67. The molecule has 0 bridgehead atoms. The SMILES string of the molecule is O=S(=O)(Nc1ccc(F)cc1)c1cccnc1Cl. The van der Waals surface area contributed by atoms with Gasteiger partial charge in [-0.05, 0) is 36.4 Å². The Bertz CT molecular complexity index is 659. The van der Waals surface area contributed by atoms with E-state index in [0.29, 0.717) is 0 Å². The lowest BCUT2D eigenvalue weighted by molar-refractivity contribution is 0.600. The summed E-state index contributed by atoms with van der Waals surface area (Å²) in [4.78, 5) is 3.56. The van der Waals surface area contributed by atoms with Gasteiger partial charge in [-0.25, -0.2) is 17.8 Å². The zero-order valence-corrected chi connectivity index (χ0v) is 10.5. The van der Waals surface area contributed by atoms with Crippen molar-refractivity contribution in [1.82, 2.24) is 4.98 Å². The van der Waals surface area contributed by atoms with Gasteiger partial charge in [0.05, 0.1) is 0 Å². The average molecular weight is 287 g/mol. The van der Waals surface area contributed by atoms with Crippen LogP contribution in [0.2, 0.25) is 5.15 Å². The summed E-state index contributed by atoms with van der Waals surface area (Å²) in [6, 6.07) is 7.74. The second-order valence-electron chi connectivity index (χ2n) is 3.40. The Morgan fingerprint density at radius 3 is 2.44 bits per heavy atom. The van der Waals surface area contributed by atoms with E-state index < -0.39 is 15.8 Å². The van der Waals surface area contributed by atoms with Gasteiger partial charge in [0.25, 0.3) is 10.0 Å². The van der Waals surface area contributed by atoms with Crippen molar-refractivity contribution in [3.63, 3.8) is 0 Å². The van der Waals surface area contributed by atoms with Crippen LogP contribution in [-0.2, 0) is 10.0 Å². The number of benzene rings is 1. The van der Waals surface area contributed by atoms with Gasteiger partial charge in [-0.2, -0.15) is 0 Å². The minimum Gasteiger partial charge on any atom is -0.280 e. The second-order valence-corrected chi connectivity index (χ2v) is 5.41. The van der Waals surface area contributed by atoms with E-state index >= 15 is 0 Å². The molecule has 0 unspecified atom stereocenters. The topological polar surface area (TPSA) is 59.1 Å². The highest BCUT2D eigenvalue weighted by Gasteiger charge is 2.18. The van der Waals surface area contributed by atoms with E-state index in [1.54, 1.807) is 0 Å². The molecule has 1 heterocycles. The van der Waals surface area contributed by atoms with Gasteiger partial charge in [0.2, 0.25) is 0 Å². The van der Waals surface area contributed by atoms with Crippen molar-refractivity contribution in [1.29, 1.82) is 0 Å². The maximum absolute atomic E-state index is 12.7. The van der Waals surface area contributed by atoms with Crippen LogP contribution in [0.15, 0.2) is 47.5 Å². The largest absolute Gasteiger partial charge is 0.280 e. The number of nitrogens with one attached hydrogen (secondary N) is 1. The van der Waals surface area contributed by atoms with Crippen molar-refractivity contribution in [3.8, 4) is 0 Å². The van der Waals surface area contributed by atoms with Gasteiger partial charge in [0.1, 0.15) is 15.9 Å². The van der Waals surface area contributed by atoms with E-state index in [1.165, 1.54) is 30.5 Å². The molecule has 7 heteroatoms. The van der Waals surface area contributed by atoms with Crippen molar-refractivity contribution in [2.24, 2.45) is 0 Å². The summed E-state index contributed by atoms with van der Waals surface area (Å²) < 4.78 is 38.9. The lowest BCUT2D eigenvalue weighted by Gasteiger charge is -2.08. The lowest BCUT2D eigenvalue weighted by atomic mass is 10.3. The average Bonchev–Trinajstić information content (AvgIpc) is 2.32. The molecule has 2 rings (SSSR count). The number of anilines is 1. The minimum atomic E-state index is -3.82. The lowest BCUT2D eigenvalue weighted by Crippen LogP contribution is -2.13. The molecule has 0 saturated heterocycles. The normalized spacial score (nSPS) is 11.2. The molecule has 94 valence electrons. The van der Waals surface area contributed by atoms with Crippen LogP contribution in [-0.4, -0.2) is 13.4 Å². The highest BCUT2D eigenvalue weighted by molar-refractivity contribution is 7.92. The Hall–Kier alpha value is -1.66. The fourth-order valence-corrected chi connectivity index (χ4v) is 2.81. The summed E-state index contributed by atoms with van der Waals surface area (Å²) in [7, 11) is -3.82. The third-order valence-electron chi connectivity index (χ3n) is 2.11. The van der Waals surface area contributed by atoms with E-state index in [9.17, 15) is 12.8 Å². The van der Waals surface area contributed by atoms with Crippen LogP contribution in [0.5, 0.6) is 0 Å². The molecular weight excluding hydrogens is 279 g/mol. The van der Waals surface area contributed by atoms with E-state index in [-0.39, 0.29) is 15.7 Å². The fraction of sp³-hybridized carbons (Fsp3) is 0. The van der Waals surface area contributed by atoms with E-state index in [0.717, 1.165) is 12.1 Å². The van der Waals surface area contributed by atoms with Gasteiger partial charge in [-0.15, -0.1) is 0 Å². The van der Waals surface area contributed by atoms with Crippen LogP contribution < -0.4 is 4.72 Å². The third kappa shape index (κ3) is 2.77. The number of pyridine rings is 1. The van der Waals surface area contributed by atoms with Gasteiger partial charge in [0, 0.05) is 11.9 Å². The van der Waals surface area contributed by atoms with Gasteiger partial charge >= 0.3 is 0 Å². The number of hydrogen-bond acceptors (Lipinski definition) is 3. The molecule has 1 aromatic carbocycles. The number of sulfonamides is 1. The van der Waals surface area contributed by atoms with Crippen LogP contribution >= 0.6 is 11.6 Å². The molecule has 1 aromatic heterocycles. The zero-order chi connectivity index (χ0) is 13.2. The molecule has 0 radical (unpaired) electrons. The molecule has 0 saturated carbocycles. The predicted molar refractivity (Wildman–Crippen MR) is 66.5 cm³/mol. The van der Waals surface area contributed by atoms with Gasteiger partial charge in [-0.1, -0.05) is 11.6 Å². The first-order valence-corrected chi connectivity index (χ1v) is 6.74. The van der Waals surface area contributed by atoms with Crippen molar-refractivity contribution in [2.45, 2.75) is 4.90 Å². The summed E-state index contributed by atoms with van der Waals surface area (Å²) >= 11 is 5.71. The van der Waals surface area contributed by atoms with E-state index in [4.69, 9.17) is 11.6 Å². The molecule has 0 atom stereocenters. The standard InChI is InChI=1S/C11H8ClFN2O2S/c12-11-10(2-1-7-14-11)18(16,17)15-9-5-3-8(13)4-6-9/h1-7,15H. The van der Waals surface area contributed by atoms with Gasteiger partial charge in [-0.3, -0.25) is 4.72 Å². The maximum atomic E-state index is 12.7. The van der Waals surface area contributed by atoms with E-state index in [1.807, 2.05) is 0 Å². The van der Waals surface area contributed by atoms with Crippen LogP contribution in [0, 0.1) is 5.82 Å². The van der Waals surface area contributed by atoms with Crippen molar-refractivity contribution < 1.29 is 12.8 Å². The van der Waals surface area contributed by atoms with Crippen LogP contribution in [0.4, 0.5) is 10.1 Å². The summed E-state index contributed by atoms with van der Waals surface area (Å²) in [6.07, 6.45) is 1.39. The van der Waals surface area contributed by atoms with Crippen molar-refractivity contribution in [2.75, 3.05) is 4.72 Å². The molecule has 0 aliphatic heterocycles. The van der Waals surface area contributed by atoms with Crippen molar-refractivity contribution in [3.05, 3.63) is 53.6 Å². The first-order valence-electron chi connectivity index (χ1n) is 4.88. The number of aromatic nitrogens is 1. The summed E-state index contributed by atoms with van der Waals surface area (Å²) in [5.74, 6) is -0.447. The second kappa shape index (κ2) is 4.91. The Morgan fingerprint density at radius 2 is 1.83 bits per heavy atom. The summed E-state index contributed by atoms with van der Waals surface area (Å²) in [6.45, 7) is 0. The monoisotopic (exact) mass is 286 g/mol. The van der Waals surface area contributed by atoms with Crippen LogP contribution in [0.3, 0.4) is 0 Å². The molecule has 0 aliphatic rings. The Balaban J connectivity index is 2.33. The molecule has 0 spiro atoms. The summed E-state index contributed by atoms with van der Waals surface area (Å²) in [5, 5.41) is -0.118. The first-order chi connectivity index (χ1) is 8.49. The molecule has 4 nitrogen and oxygen atoms in total. The number of halogens is 2. The zero-order valence-electron chi connectivity index (χ0n) is 8.97. The number of hydrogen-bond donors (Lipinski definition) is 1. The molecule has 1 N–H and O–H groups in total. The molecule has 0 fully saturated rings. The molecule has 0 aliphatic carbocycles. The van der Waals surface area contributed by atoms with E-state index in [2.05, 4.69) is 9.71 Å². The highest BCUT2D eigenvalue weighted by Crippen LogP contribution is 2.21.